The van der Waals surface area contributed by atoms with Crippen LogP contribution in [0.5, 0.6) is 0 Å². The van der Waals surface area contributed by atoms with Crippen molar-refractivity contribution in [2.75, 3.05) is 6.61 Å². The lowest BCUT2D eigenvalue weighted by Gasteiger charge is -2.44. The minimum atomic E-state index is -4.85. The molecule has 7 nitrogen and oxygen atoms in total. The maximum absolute atomic E-state index is 13.6. The molecule has 2 aromatic carbocycles. The van der Waals surface area contributed by atoms with E-state index in [2.05, 4.69) is 9.89 Å². The number of ether oxygens (including phenoxy) is 1. The molecule has 39 heavy (non-hydrogen) atoms. The molecule has 0 aliphatic heterocycles. The average molecular weight is 547 g/mol. The van der Waals surface area contributed by atoms with Crippen LogP contribution in [0.4, 0.5) is 22.4 Å². The quantitative estimate of drug-likeness (QED) is 0.213. The zero-order valence-corrected chi connectivity index (χ0v) is 21.4. The van der Waals surface area contributed by atoms with Gasteiger partial charge in [0, 0.05) is 23.1 Å². The van der Waals surface area contributed by atoms with E-state index in [0.717, 1.165) is 18.4 Å². The second-order valence-electron chi connectivity index (χ2n) is 10.4. The third-order valence-electron chi connectivity index (χ3n) is 7.85. The van der Waals surface area contributed by atoms with Crippen LogP contribution in [0.25, 0.3) is 0 Å². The van der Waals surface area contributed by atoms with Crippen molar-refractivity contribution in [3.8, 4) is 6.19 Å². The molecule has 3 N–H and O–H groups in total. The lowest BCUT2D eigenvalue weighted by Crippen LogP contribution is -2.48. The number of amidine groups is 1. The molecule has 0 radical (unpaired) electrons. The number of nitrogens with zero attached hydrogens (tertiary/aromatic N) is 3. The van der Waals surface area contributed by atoms with E-state index in [4.69, 9.17) is 10.5 Å². The molecule has 2 saturated carbocycles. The van der Waals surface area contributed by atoms with E-state index in [1.165, 1.54) is 36.4 Å². The number of rotatable bonds is 7. The number of halogens is 4. The van der Waals surface area contributed by atoms with Crippen LogP contribution in [0, 0.1) is 17.3 Å². The van der Waals surface area contributed by atoms with Crippen LogP contribution in [-0.4, -0.2) is 46.8 Å². The van der Waals surface area contributed by atoms with E-state index in [0.29, 0.717) is 44.0 Å². The van der Waals surface area contributed by atoms with Crippen molar-refractivity contribution in [1.29, 1.82) is 5.26 Å². The van der Waals surface area contributed by atoms with Gasteiger partial charge >= 0.3 is 12.3 Å². The van der Waals surface area contributed by atoms with Crippen molar-refractivity contribution in [3.63, 3.8) is 0 Å². The summed E-state index contributed by atoms with van der Waals surface area (Å²) in [6, 6.07) is 11.4. The summed E-state index contributed by atoms with van der Waals surface area (Å²) in [5, 5.41) is 19.5. The van der Waals surface area contributed by atoms with Crippen LogP contribution in [0.3, 0.4) is 0 Å². The van der Waals surface area contributed by atoms with Crippen molar-refractivity contribution in [2.24, 2.45) is 10.7 Å². The molecule has 4 rings (SSSR count). The van der Waals surface area contributed by atoms with Crippen molar-refractivity contribution in [1.82, 2.24) is 4.90 Å². The van der Waals surface area contributed by atoms with Gasteiger partial charge in [-0.2, -0.15) is 23.4 Å². The lowest BCUT2D eigenvalue weighted by molar-refractivity contribution is -0.258. The zero-order chi connectivity index (χ0) is 28.4. The Morgan fingerprint density at radius 1 is 1.10 bits per heavy atom. The van der Waals surface area contributed by atoms with Crippen molar-refractivity contribution in [3.05, 3.63) is 71.0 Å². The number of carbonyl (C=O) groups excluding carboxylic acids is 1. The second-order valence-corrected chi connectivity index (χ2v) is 10.4. The summed E-state index contributed by atoms with van der Waals surface area (Å²) in [4.78, 5) is 17.6. The third kappa shape index (κ3) is 6.01. The Balaban J connectivity index is 1.59. The topological polar surface area (TPSA) is 112 Å². The van der Waals surface area contributed by atoms with Gasteiger partial charge in [-0.1, -0.05) is 36.4 Å². The van der Waals surface area contributed by atoms with E-state index in [1.54, 1.807) is 12.1 Å². The molecule has 0 saturated heterocycles. The Labute approximate surface area is 223 Å². The average Bonchev–Trinajstić information content (AvgIpc) is 3.73. The number of nitriles is 1. The SMILES string of the molecule is CC(O)(c1ccc(C(=NC#N)N(C2CC2)C2CCC(COC(N)=O)(c3ccc(F)cc3)CC2)cc1)C(F)(F)F. The number of primary amides is 1. The summed E-state index contributed by atoms with van der Waals surface area (Å²) in [6.45, 7) is 0.740. The molecule has 1 amide bonds. The number of benzene rings is 2. The van der Waals surface area contributed by atoms with Crippen LogP contribution in [0.1, 0.15) is 62.1 Å². The Bertz CT molecular complexity index is 1240. The van der Waals surface area contributed by atoms with E-state index in [1.807, 2.05) is 6.19 Å². The molecule has 2 aliphatic carbocycles. The smallest absolute Gasteiger partial charge is 0.421 e. The summed E-state index contributed by atoms with van der Waals surface area (Å²) in [6.07, 6.45) is 0.312. The second kappa shape index (κ2) is 10.8. The van der Waals surface area contributed by atoms with Crippen LogP contribution < -0.4 is 5.73 Å². The maximum Gasteiger partial charge on any atom is 0.421 e. The van der Waals surface area contributed by atoms with E-state index in [9.17, 15) is 32.7 Å². The monoisotopic (exact) mass is 546 g/mol. The molecule has 2 aromatic rings. The molecule has 11 heteroatoms. The van der Waals surface area contributed by atoms with Crippen LogP contribution in [0.2, 0.25) is 0 Å². The van der Waals surface area contributed by atoms with Gasteiger partial charge in [0.1, 0.15) is 18.3 Å². The summed E-state index contributed by atoms with van der Waals surface area (Å²) < 4.78 is 58.7. The fraction of sp³-hybridized carbons (Fsp3) is 0.464. The summed E-state index contributed by atoms with van der Waals surface area (Å²) in [5.74, 6) is -0.00990. The zero-order valence-electron chi connectivity index (χ0n) is 21.4. The molecule has 2 aliphatic rings. The Morgan fingerprint density at radius 2 is 1.67 bits per heavy atom. The molecule has 0 spiro atoms. The number of amides is 1. The molecule has 208 valence electrons. The van der Waals surface area contributed by atoms with E-state index >= 15 is 0 Å². The minimum Gasteiger partial charge on any atom is -0.449 e. The first kappa shape index (κ1) is 28.4. The van der Waals surface area contributed by atoms with Gasteiger partial charge in [-0.25, -0.2) is 9.18 Å². The van der Waals surface area contributed by atoms with Gasteiger partial charge in [0.25, 0.3) is 0 Å². The van der Waals surface area contributed by atoms with E-state index in [-0.39, 0.29) is 30.1 Å². The van der Waals surface area contributed by atoms with Gasteiger partial charge in [-0.05, 0) is 68.7 Å². The van der Waals surface area contributed by atoms with Gasteiger partial charge in [0.2, 0.25) is 6.19 Å². The summed E-state index contributed by atoms with van der Waals surface area (Å²) in [5.41, 5.74) is 2.64. The minimum absolute atomic E-state index is 0.0373. The summed E-state index contributed by atoms with van der Waals surface area (Å²) >= 11 is 0. The lowest BCUT2D eigenvalue weighted by atomic mass is 9.68. The highest BCUT2D eigenvalue weighted by molar-refractivity contribution is 6.00. The molecule has 0 heterocycles. The molecule has 1 atom stereocenters. The van der Waals surface area contributed by atoms with Gasteiger partial charge in [0.05, 0.1) is 0 Å². The first-order chi connectivity index (χ1) is 18.4. The molecular weight excluding hydrogens is 516 g/mol. The number of aliphatic hydroxyl groups is 1. The Morgan fingerprint density at radius 3 is 2.15 bits per heavy atom. The van der Waals surface area contributed by atoms with Crippen LogP contribution in [-0.2, 0) is 15.8 Å². The van der Waals surface area contributed by atoms with Gasteiger partial charge < -0.3 is 20.5 Å². The first-order valence-electron chi connectivity index (χ1n) is 12.7. The highest BCUT2D eigenvalue weighted by Gasteiger charge is 2.51. The van der Waals surface area contributed by atoms with Crippen molar-refractivity contribution < 1.29 is 32.2 Å². The third-order valence-corrected chi connectivity index (χ3v) is 7.85. The van der Waals surface area contributed by atoms with Gasteiger partial charge in [-0.15, -0.1) is 0 Å². The standard InChI is InChI=1S/C28H30F4N4O3/c1-26(38,28(30,31)32)19-4-2-18(3-5-19)24(35-17-33)36(22-10-11-22)23-12-14-27(15-13-23,16-39-25(34)37)20-6-8-21(29)9-7-20/h2-9,22-23,38H,10-16H2,1H3,(H2,34,37). The van der Waals surface area contributed by atoms with Crippen LogP contribution >= 0.6 is 0 Å². The fourth-order valence-corrected chi connectivity index (χ4v) is 5.39. The predicted octanol–water partition coefficient (Wildman–Crippen LogP) is 5.26. The van der Waals surface area contributed by atoms with Gasteiger partial charge in [0.15, 0.2) is 5.60 Å². The summed E-state index contributed by atoms with van der Waals surface area (Å²) in [7, 11) is 0. The highest BCUT2D eigenvalue weighted by Crippen LogP contribution is 2.44. The molecule has 2 fully saturated rings. The molecule has 0 aromatic heterocycles. The van der Waals surface area contributed by atoms with Crippen LogP contribution in [0.15, 0.2) is 53.5 Å². The van der Waals surface area contributed by atoms with Crippen molar-refractivity contribution in [2.45, 2.75) is 74.7 Å². The number of alkyl halides is 3. The number of nitrogens with two attached hydrogens (primary N) is 1. The number of aliphatic imine (C=N–C) groups is 1. The maximum atomic E-state index is 13.6. The Kier molecular flexibility index (Phi) is 7.89. The number of hydrogen-bond acceptors (Lipinski definition) is 5. The molecule has 1 unspecified atom stereocenters. The normalized spacial score (nSPS) is 23.4. The fourth-order valence-electron chi connectivity index (χ4n) is 5.39. The molecular formula is C28H30F4N4O3. The first-order valence-corrected chi connectivity index (χ1v) is 12.7. The predicted molar refractivity (Wildman–Crippen MR) is 135 cm³/mol. The highest BCUT2D eigenvalue weighted by atomic mass is 19.4. The van der Waals surface area contributed by atoms with Gasteiger partial charge in [-0.3, -0.25) is 0 Å². The molecule has 0 bridgehead atoms. The van der Waals surface area contributed by atoms with E-state index < -0.39 is 23.3 Å². The van der Waals surface area contributed by atoms with Crippen molar-refractivity contribution >= 4 is 11.9 Å². The largest absolute Gasteiger partial charge is 0.449 e. The number of hydrogen-bond donors (Lipinski definition) is 2. The Hall–Kier alpha value is -3.65. The number of carbonyl (C=O) groups is 1.